The van der Waals surface area contributed by atoms with Crippen LogP contribution in [0.3, 0.4) is 0 Å². The molecule has 0 heterocycles. The Bertz CT molecular complexity index is 436. The van der Waals surface area contributed by atoms with Gasteiger partial charge in [-0.25, -0.2) is 0 Å². The Hall–Kier alpha value is -1.22. The second-order valence-electron chi connectivity index (χ2n) is 5.24. The number of carbonyl (C=O) groups excluding carboxylic acids is 1. The minimum atomic E-state index is -0.0433. The fourth-order valence-corrected chi connectivity index (χ4v) is 2.97. The zero-order valence-electron chi connectivity index (χ0n) is 10.9. The zero-order valence-corrected chi connectivity index (χ0v) is 11.7. The van der Waals surface area contributed by atoms with Gasteiger partial charge in [0.05, 0.1) is 6.42 Å². The lowest BCUT2D eigenvalue weighted by atomic mass is 9.89. The van der Waals surface area contributed by atoms with Crippen LogP contribution in [-0.2, 0) is 11.2 Å². The SMILES string of the molecule is O=C(Cc1ccccc1O)NCC1CCCC(Cl)C1. The van der Waals surface area contributed by atoms with Gasteiger partial charge in [-0.05, 0) is 31.2 Å². The summed E-state index contributed by atoms with van der Waals surface area (Å²) in [5.74, 6) is 0.624. The second-order valence-corrected chi connectivity index (χ2v) is 5.86. The van der Waals surface area contributed by atoms with Crippen LogP contribution in [-0.4, -0.2) is 22.9 Å². The summed E-state index contributed by atoms with van der Waals surface area (Å²) in [5.41, 5.74) is 0.666. The summed E-state index contributed by atoms with van der Waals surface area (Å²) < 4.78 is 0. The molecule has 2 N–H and O–H groups in total. The van der Waals surface area contributed by atoms with Gasteiger partial charge in [0.15, 0.2) is 0 Å². The summed E-state index contributed by atoms with van der Waals surface area (Å²) >= 11 is 6.13. The molecule has 4 heteroatoms. The van der Waals surface area contributed by atoms with Crippen molar-refractivity contribution >= 4 is 17.5 Å². The molecule has 2 atom stereocenters. The number of rotatable bonds is 4. The summed E-state index contributed by atoms with van der Waals surface area (Å²) in [7, 11) is 0. The summed E-state index contributed by atoms with van der Waals surface area (Å²) in [6, 6.07) is 6.94. The quantitative estimate of drug-likeness (QED) is 0.834. The van der Waals surface area contributed by atoms with E-state index in [0.717, 1.165) is 25.7 Å². The van der Waals surface area contributed by atoms with Gasteiger partial charge in [0.25, 0.3) is 0 Å². The number of nitrogens with one attached hydrogen (secondary N) is 1. The number of phenolic OH excluding ortho intramolecular Hbond substituents is 1. The third kappa shape index (κ3) is 4.43. The van der Waals surface area contributed by atoms with Gasteiger partial charge in [-0.2, -0.15) is 0 Å². The lowest BCUT2D eigenvalue weighted by Crippen LogP contribution is -2.32. The summed E-state index contributed by atoms with van der Waals surface area (Å²) in [6.07, 6.45) is 4.58. The fourth-order valence-electron chi connectivity index (χ4n) is 2.56. The molecule has 2 unspecified atom stereocenters. The molecule has 0 bridgehead atoms. The first-order valence-electron chi connectivity index (χ1n) is 6.83. The first kappa shape index (κ1) is 14.2. The molecular formula is C15H20ClNO2. The number of aromatic hydroxyl groups is 1. The molecular weight excluding hydrogens is 262 g/mol. The van der Waals surface area contributed by atoms with E-state index in [-0.39, 0.29) is 23.5 Å². The van der Waals surface area contributed by atoms with Crippen LogP contribution < -0.4 is 5.32 Å². The predicted octanol–water partition coefficient (Wildman–Crippen LogP) is 2.85. The van der Waals surface area contributed by atoms with E-state index in [4.69, 9.17) is 11.6 Å². The number of amides is 1. The monoisotopic (exact) mass is 281 g/mol. The number of benzene rings is 1. The second kappa shape index (κ2) is 6.80. The van der Waals surface area contributed by atoms with Crippen LogP contribution in [0.2, 0.25) is 0 Å². The van der Waals surface area contributed by atoms with E-state index in [1.165, 1.54) is 0 Å². The molecule has 0 aliphatic heterocycles. The van der Waals surface area contributed by atoms with E-state index in [9.17, 15) is 9.90 Å². The first-order chi connectivity index (χ1) is 9.15. The zero-order chi connectivity index (χ0) is 13.7. The Morgan fingerprint density at radius 1 is 1.37 bits per heavy atom. The van der Waals surface area contributed by atoms with Gasteiger partial charge in [0.1, 0.15) is 5.75 Å². The van der Waals surface area contributed by atoms with Crippen molar-refractivity contribution in [3.8, 4) is 5.75 Å². The molecule has 0 radical (unpaired) electrons. The summed E-state index contributed by atoms with van der Waals surface area (Å²) in [6.45, 7) is 0.690. The van der Waals surface area contributed by atoms with Crippen LogP contribution in [0.1, 0.15) is 31.2 Å². The van der Waals surface area contributed by atoms with E-state index in [0.29, 0.717) is 18.0 Å². The number of hydrogen-bond acceptors (Lipinski definition) is 2. The summed E-state index contributed by atoms with van der Waals surface area (Å²) in [4.78, 5) is 11.8. The lowest BCUT2D eigenvalue weighted by molar-refractivity contribution is -0.120. The van der Waals surface area contributed by atoms with Crippen molar-refractivity contribution in [2.75, 3.05) is 6.54 Å². The highest BCUT2D eigenvalue weighted by molar-refractivity contribution is 6.20. The number of phenols is 1. The molecule has 1 amide bonds. The topological polar surface area (TPSA) is 49.3 Å². The van der Waals surface area contributed by atoms with Crippen LogP contribution in [0.15, 0.2) is 24.3 Å². The van der Waals surface area contributed by atoms with E-state index < -0.39 is 0 Å². The maximum Gasteiger partial charge on any atom is 0.224 e. The van der Waals surface area contributed by atoms with E-state index >= 15 is 0 Å². The van der Waals surface area contributed by atoms with Gasteiger partial charge < -0.3 is 10.4 Å². The highest BCUT2D eigenvalue weighted by Gasteiger charge is 2.20. The van der Waals surface area contributed by atoms with Gasteiger partial charge in [0, 0.05) is 17.5 Å². The van der Waals surface area contributed by atoms with Crippen LogP contribution in [0, 0.1) is 5.92 Å². The van der Waals surface area contributed by atoms with Gasteiger partial charge in [-0.3, -0.25) is 4.79 Å². The van der Waals surface area contributed by atoms with Crippen molar-refractivity contribution < 1.29 is 9.90 Å². The van der Waals surface area contributed by atoms with Gasteiger partial charge in [-0.15, -0.1) is 11.6 Å². The minimum absolute atomic E-state index is 0.0433. The van der Waals surface area contributed by atoms with E-state index in [1.54, 1.807) is 18.2 Å². The average molecular weight is 282 g/mol. The van der Waals surface area contributed by atoms with Gasteiger partial charge in [0.2, 0.25) is 5.91 Å². The molecule has 1 aliphatic carbocycles. The van der Waals surface area contributed by atoms with Gasteiger partial charge in [-0.1, -0.05) is 24.6 Å². The number of hydrogen-bond donors (Lipinski definition) is 2. The van der Waals surface area contributed by atoms with E-state index in [1.807, 2.05) is 6.07 Å². The number of carbonyl (C=O) groups is 1. The molecule has 0 saturated heterocycles. The van der Waals surface area contributed by atoms with Crippen molar-refractivity contribution in [3.63, 3.8) is 0 Å². The molecule has 19 heavy (non-hydrogen) atoms. The third-order valence-electron chi connectivity index (χ3n) is 3.65. The molecule has 1 saturated carbocycles. The molecule has 0 spiro atoms. The minimum Gasteiger partial charge on any atom is -0.508 e. The highest BCUT2D eigenvalue weighted by atomic mass is 35.5. The normalized spacial score (nSPS) is 23.0. The lowest BCUT2D eigenvalue weighted by Gasteiger charge is -2.25. The first-order valence-corrected chi connectivity index (χ1v) is 7.26. The number of para-hydroxylation sites is 1. The van der Waals surface area contributed by atoms with Crippen molar-refractivity contribution in [2.45, 2.75) is 37.5 Å². The Morgan fingerprint density at radius 2 is 2.16 bits per heavy atom. The number of alkyl halides is 1. The average Bonchev–Trinajstić information content (AvgIpc) is 2.39. The predicted molar refractivity (Wildman–Crippen MR) is 76.4 cm³/mol. The van der Waals surface area contributed by atoms with Crippen molar-refractivity contribution in [1.82, 2.24) is 5.32 Å². The molecule has 1 aromatic rings. The van der Waals surface area contributed by atoms with Crippen LogP contribution in [0.5, 0.6) is 5.75 Å². The van der Waals surface area contributed by atoms with Crippen molar-refractivity contribution in [1.29, 1.82) is 0 Å². The molecule has 1 aromatic carbocycles. The van der Waals surface area contributed by atoms with Crippen LogP contribution >= 0.6 is 11.6 Å². The molecule has 0 aromatic heterocycles. The van der Waals surface area contributed by atoms with Crippen LogP contribution in [0.25, 0.3) is 0 Å². The molecule has 104 valence electrons. The van der Waals surface area contributed by atoms with E-state index in [2.05, 4.69) is 5.32 Å². The van der Waals surface area contributed by atoms with Gasteiger partial charge >= 0.3 is 0 Å². The molecule has 1 aliphatic rings. The Kier molecular flexibility index (Phi) is 5.08. The summed E-state index contributed by atoms with van der Waals surface area (Å²) in [5, 5.41) is 12.8. The molecule has 1 fully saturated rings. The molecule has 2 rings (SSSR count). The Labute approximate surface area is 119 Å². The van der Waals surface area contributed by atoms with Crippen LogP contribution in [0.4, 0.5) is 0 Å². The Morgan fingerprint density at radius 3 is 2.89 bits per heavy atom. The standard InChI is InChI=1S/C15H20ClNO2/c16-13-6-3-4-11(8-13)10-17-15(19)9-12-5-1-2-7-14(12)18/h1-2,5,7,11,13,18H,3-4,6,8-10H2,(H,17,19). The highest BCUT2D eigenvalue weighted by Crippen LogP contribution is 2.27. The maximum absolute atomic E-state index is 11.8. The molecule has 3 nitrogen and oxygen atoms in total. The third-order valence-corrected chi connectivity index (χ3v) is 4.05. The fraction of sp³-hybridized carbons (Fsp3) is 0.533. The number of halogens is 1. The Balaban J connectivity index is 1.77. The largest absolute Gasteiger partial charge is 0.508 e. The smallest absolute Gasteiger partial charge is 0.224 e. The van der Waals surface area contributed by atoms with Crippen molar-refractivity contribution in [2.24, 2.45) is 5.92 Å². The van der Waals surface area contributed by atoms with Crippen molar-refractivity contribution in [3.05, 3.63) is 29.8 Å². The maximum atomic E-state index is 11.8.